The molecule has 15 nitrogen and oxygen atoms in total. The van der Waals surface area contributed by atoms with Gasteiger partial charge in [-0.15, -0.1) is 11.3 Å². The Hall–Kier alpha value is -5.57. The Morgan fingerprint density at radius 2 is 1.62 bits per heavy atom. The Bertz CT molecular complexity index is 2580. The fraction of sp³-hybridized carbons (Fsp3) is 0.519. The molecular weight excluding hydrogens is 940 g/mol. The van der Waals surface area contributed by atoms with E-state index in [9.17, 15) is 29.5 Å². The number of anilines is 1. The molecule has 1 aromatic heterocycles. The molecule has 2 saturated heterocycles. The van der Waals surface area contributed by atoms with Crippen LogP contribution in [0.15, 0.2) is 72.2 Å². The van der Waals surface area contributed by atoms with E-state index in [0.717, 1.165) is 53.6 Å². The van der Waals surface area contributed by atoms with E-state index in [1.165, 1.54) is 4.90 Å². The van der Waals surface area contributed by atoms with Crippen LogP contribution in [0.4, 0.5) is 5.69 Å². The Labute approximate surface area is 427 Å². The normalized spacial score (nSPS) is 22.1. The van der Waals surface area contributed by atoms with Crippen molar-refractivity contribution in [3.05, 3.63) is 99.6 Å². The van der Waals surface area contributed by atoms with Crippen LogP contribution in [0.1, 0.15) is 102 Å². The van der Waals surface area contributed by atoms with Crippen LogP contribution in [0.3, 0.4) is 0 Å². The Kier molecular flexibility index (Phi) is 16.2. The Balaban J connectivity index is 0.846. The molecule has 7 rings (SSSR count). The lowest BCUT2D eigenvalue weighted by Gasteiger charge is -2.63. The number of likely N-dealkylation sites (tertiary alicyclic amines) is 1. The van der Waals surface area contributed by atoms with Crippen LogP contribution in [-0.2, 0) is 19.1 Å². The van der Waals surface area contributed by atoms with Crippen molar-refractivity contribution in [1.29, 1.82) is 5.26 Å². The summed E-state index contributed by atoms with van der Waals surface area (Å²) < 4.78 is 12.4. The number of thiazole rings is 1. The van der Waals surface area contributed by atoms with Gasteiger partial charge in [0.15, 0.2) is 0 Å². The molecule has 2 aliphatic heterocycles. The van der Waals surface area contributed by atoms with Crippen LogP contribution >= 0.6 is 22.9 Å². The first kappa shape index (κ1) is 53.2. The van der Waals surface area contributed by atoms with Gasteiger partial charge in [0.1, 0.15) is 36.6 Å². The second kappa shape index (κ2) is 21.6. The van der Waals surface area contributed by atoms with Crippen molar-refractivity contribution in [2.45, 2.75) is 118 Å². The quantitative estimate of drug-likeness (QED) is 0.0892. The van der Waals surface area contributed by atoms with Gasteiger partial charge in [0.25, 0.3) is 5.91 Å². The van der Waals surface area contributed by atoms with Crippen molar-refractivity contribution in [3.63, 3.8) is 0 Å². The number of aromatic nitrogens is 1. The summed E-state index contributed by atoms with van der Waals surface area (Å²) in [5.41, 5.74) is 5.24. The number of rotatable bonds is 16. The van der Waals surface area contributed by atoms with Crippen molar-refractivity contribution in [1.82, 2.24) is 30.7 Å². The fourth-order valence-electron chi connectivity index (χ4n) is 10.7. The van der Waals surface area contributed by atoms with E-state index >= 15 is 0 Å². The molecule has 3 aromatic carbocycles. The number of carbonyl (C=O) groups is 4. The Morgan fingerprint density at radius 3 is 2.21 bits per heavy atom. The molecule has 4 aromatic rings. The first-order valence-electron chi connectivity index (χ1n) is 24.4. The van der Waals surface area contributed by atoms with Crippen molar-refractivity contribution in [2.75, 3.05) is 50.8 Å². The van der Waals surface area contributed by atoms with Crippen LogP contribution in [0, 0.1) is 34.5 Å². The van der Waals surface area contributed by atoms with Gasteiger partial charge in [-0.3, -0.25) is 24.1 Å². The third-order valence-electron chi connectivity index (χ3n) is 14.4. The second-order valence-electron chi connectivity index (χ2n) is 21.6. The number of piperazine rings is 1. The summed E-state index contributed by atoms with van der Waals surface area (Å²) in [5, 5.41) is 29.5. The van der Waals surface area contributed by atoms with Crippen LogP contribution in [0.2, 0.25) is 5.02 Å². The molecule has 1 aliphatic carbocycles. The molecule has 17 heteroatoms. The first-order chi connectivity index (χ1) is 33.5. The molecule has 380 valence electrons. The highest BCUT2D eigenvalue weighted by molar-refractivity contribution is 7.13. The van der Waals surface area contributed by atoms with Gasteiger partial charge < -0.3 is 40.3 Å². The monoisotopic (exact) mass is 1010 g/mol. The summed E-state index contributed by atoms with van der Waals surface area (Å²) in [6, 6.07) is 20.4. The molecule has 0 bridgehead atoms. The zero-order valence-corrected chi connectivity index (χ0v) is 44.1. The average molecular weight is 1010 g/mol. The van der Waals surface area contributed by atoms with Crippen LogP contribution in [-0.4, -0.2) is 126 Å². The van der Waals surface area contributed by atoms with Crippen LogP contribution in [0.25, 0.3) is 10.4 Å². The van der Waals surface area contributed by atoms with E-state index in [0.29, 0.717) is 28.4 Å². The number of halogens is 1. The van der Waals surface area contributed by atoms with Crippen molar-refractivity contribution >= 4 is 52.3 Å². The van der Waals surface area contributed by atoms with E-state index in [1.54, 1.807) is 29.5 Å². The molecule has 3 aliphatic rings. The fourth-order valence-corrected chi connectivity index (χ4v) is 11.7. The topological polar surface area (TPSA) is 189 Å². The highest BCUT2D eigenvalue weighted by Crippen LogP contribution is 2.55. The molecule has 5 atom stereocenters. The van der Waals surface area contributed by atoms with Crippen molar-refractivity contribution < 1.29 is 33.8 Å². The third kappa shape index (κ3) is 12.0. The lowest BCUT2D eigenvalue weighted by atomic mass is 9.49. The summed E-state index contributed by atoms with van der Waals surface area (Å²) >= 11 is 7.84. The maximum Gasteiger partial charge on any atom is 0.251 e. The minimum Gasteiger partial charge on any atom is -0.489 e. The zero-order valence-electron chi connectivity index (χ0n) is 42.5. The lowest BCUT2D eigenvalue weighted by Crippen LogP contribution is -2.74. The SMILES string of the molecule is Cc1ncsc1-c1ccc([C@H](C)NC(=O)[C@@H]2C[C@@H](O)CN2C(=O)[C@@H](NC(=O)CO[C@@H](C)CN2CCN(c3ccc(C(=O)N[C@H]4C(C)(C)[C@H](Oc5ccc(C#N)c(Cl)c5)C4(C)C)cc3)CC2)C(C)(C)C)cc1. The molecule has 4 N–H and O–H groups in total. The van der Waals surface area contributed by atoms with Crippen LogP contribution in [0.5, 0.6) is 5.75 Å². The van der Waals surface area contributed by atoms with E-state index < -0.39 is 35.4 Å². The molecule has 1 saturated carbocycles. The van der Waals surface area contributed by atoms with E-state index in [1.807, 2.05) is 95.6 Å². The van der Waals surface area contributed by atoms with Gasteiger partial charge in [-0.25, -0.2) is 4.98 Å². The van der Waals surface area contributed by atoms with Gasteiger partial charge in [-0.2, -0.15) is 5.26 Å². The number of ether oxygens (including phenoxy) is 2. The third-order valence-corrected chi connectivity index (χ3v) is 15.7. The summed E-state index contributed by atoms with van der Waals surface area (Å²) in [7, 11) is 0. The number of carbonyl (C=O) groups excluding carboxylic acids is 4. The van der Waals surface area contributed by atoms with Gasteiger partial charge in [0, 0.05) is 79.9 Å². The number of amides is 4. The average Bonchev–Trinajstić information content (AvgIpc) is 3.95. The van der Waals surface area contributed by atoms with Gasteiger partial charge in [-0.1, -0.05) is 84.3 Å². The molecule has 0 unspecified atom stereocenters. The second-order valence-corrected chi connectivity index (χ2v) is 22.9. The molecule has 71 heavy (non-hydrogen) atoms. The Morgan fingerprint density at radius 1 is 0.958 bits per heavy atom. The smallest absolute Gasteiger partial charge is 0.251 e. The maximum atomic E-state index is 14.2. The molecule has 3 heterocycles. The highest BCUT2D eigenvalue weighted by Gasteiger charge is 2.64. The minimum absolute atomic E-state index is 0.0180. The van der Waals surface area contributed by atoms with E-state index in [2.05, 4.69) is 64.5 Å². The number of aliphatic hydroxyl groups excluding tert-OH is 1. The number of benzene rings is 3. The number of β-amino-alcohol motifs (C(OH)–C–C–N with tert-alkyl or cyclic N) is 1. The molecule has 0 radical (unpaired) electrons. The number of aryl methyl sites for hydroxylation is 1. The largest absolute Gasteiger partial charge is 0.489 e. The summed E-state index contributed by atoms with van der Waals surface area (Å²) in [6.07, 6.45) is -1.27. The predicted octanol–water partition coefficient (Wildman–Crippen LogP) is 7.15. The predicted molar refractivity (Wildman–Crippen MR) is 276 cm³/mol. The molecule has 3 fully saturated rings. The first-order valence-corrected chi connectivity index (χ1v) is 25.7. The van der Waals surface area contributed by atoms with Gasteiger partial charge >= 0.3 is 0 Å². The minimum atomic E-state index is -0.969. The highest BCUT2D eigenvalue weighted by atomic mass is 35.5. The number of nitriles is 1. The van der Waals surface area contributed by atoms with Crippen LogP contribution < -0.4 is 25.6 Å². The standard InChI is InChI=1S/C54H69ClN8O7S/c1-32(28-61-21-23-62(24-22-61)39-18-15-37(16-19-39)47(66)60-50-53(7,8)51(54(50,9)10)70-41-20-17-38(27-56)42(55)26-41)69-30-44(65)59-46(52(4,5)6)49(68)63-29-40(64)25-43(63)48(67)58-33(2)35-11-13-36(14-12-35)45-34(3)57-31-71-45/h11-20,26,31-33,40,43,46,50-51,64H,21-25,28-30H2,1-10H3,(H,58,67)(H,59,65)(H,60,66)/t32-,33-,40+,43-,46+,50-,51-/m0/s1. The summed E-state index contributed by atoms with van der Waals surface area (Å²) in [5.74, 6) is -0.811. The van der Waals surface area contributed by atoms with E-state index in [4.69, 9.17) is 21.1 Å². The van der Waals surface area contributed by atoms with Crippen molar-refractivity contribution in [3.8, 4) is 22.3 Å². The lowest BCUT2D eigenvalue weighted by molar-refractivity contribution is -0.164. The number of aliphatic hydroxyl groups is 1. The molecule has 4 amide bonds. The molecule has 0 spiro atoms. The number of hydrogen-bond acceptors (Lipinski definition) is 12. The zero-order chi connectivity index (χ0) is 51.6. The van der Waals surface area contributed by atoms with Crippen molar-refractivity contribution in [2.24, 2.45) is 16.2 Å². The number of nitrogens with one attached hydrogen (secondary N) is 3. The van der Waals surface area contributed by atoms with Gasteiger partial charge in [-0.05, 0) is 73.7 Å². The number of hydrogen-bond donors (Lipinski definition) is 4. The van der Waals surface area contributed by atoms with Gasteiger partial charge in [0.2, 0.25) is 17.7 Å². The summed E-state index contributed by atoms with van der Waals surface area (Å²) in [6.45, 7) is 23.1. The molecular formula is C54H69ClN8O7S. The van der Waals surface area contributed by atoms with Gasteiger partial charge in [0.05, 0.1) is 44.9 Å². The maximum absolute atomic E-state index is 14.2. The summed E-state index contributed by atoms with van der Waals surface area (Å²) in [4.78, 5) is 66.3. The number of nitrogens with zero attached hydrogens (tertiary/aromatic N) is 5. The van der Waals surface area contributed by atoms with E-state index in [-0.39, 0.29) is 66.5 Å².